The largest absolute Gasteiger partial charge is 0.453 e. The summed E-state index contributed by atoms with van der Waals surface area (Å²) in [6.07, 6.45) is 1.71. The standard InChI is InChI=1S/C12H20N2O3/c1-7(2)10(13-12(16)17-3)11(15)14-5-4-8-6-9(8)14/h7-10H,4-6H2,1-3H3,(H,13,16). The molecule has 2 fully saturated rings. The van der Waals surface area contributed by atoms with Crippen molar-refractivity contribution in [3.63, 3.8) is 0 Å². The quantitative estimate of drug-likeness (QED) is 0.800. The van der Waals surface area contributed by atoms with Gasteiger partial charge in [0.25, 0.3) is 0 Å². The van der Waals surface area contributed by atoms with Gasteiger partial charge in [0.2, 0.25) is 5.91 Å². The van der Waals surface area contributed by atoms with Gasteiger partial charge in [-0.1, -0.05) is 13.8 Å². The normalized spacial score (nSPS) is 27.6. The van der Waals surface area contributed by atoms with Gasteiger partial charge in [-0.2, -0.15) is 0 Å². The number of hydrogen-bond donors (Lipinski definition) is 1. The van der Waals surface area contributed by atoms with E-state index in [0.717, 1.165) is 19.4 Å². The van der Waals surface area contributed by atoms with E-state index in [-0.39, 0.29) is 11.8 Å². The molecule has 3 unspecified atom stereocenters. The third kappa shape index (κ3) is 2.37. The first-order chi connectivity index (χ1) is 8.04. The molecule has 1 aliphatic heterocycles. The van der Waals surface area contributed by atoms with Crippen LogP contribution in [0.2, 0.25) is 0 Å². The average molecular weight is 240 g/mol. The Hall–Kier alpha value is -1.26. The van der Waals surface area contributed by atoms with Crippen molar-refractivity contribution in [3.05, 3.63) is 0 Å². The molecule has 17 heavy (non-hydrogen) atoms. The molecule has 5 nitrogen and oxygen atoms in total. The maximum Gasteiger partial charge on any atom is 0.407 e. The minimum Gasteiger partial charge on any atom is -0.453 e. The number of carbonyl (C=O) groups is 2. The SMILES string of the molecule is COC(=O)NC(C(=O)N1CCC2CC21)C(C)C. The van der Waals surface area contributed by atoms with Crippen LogP contribution >= 0.6 is 0 Å². The molecule has 1 saturated heterocycles. The lowest BCUT2D eigenvalue weighted by Gasteiger charge is -2.27. The molecule has 1 N–H and O–H groups in total. The van der Waals surface area contributed by atoms with Crippen LogP contribution in [0.3, 0.4) is 0 Å². The van der Waals surface area contributed by atoms with Crippen molar-refractivity contribution in [2.24, 2.45) is 11.8 Å². The number of nitrogens with zero attached hydrogens (tertiary/aromatic N) is 1. The number of amides is 2. The van der Waals surface area contributed by atoms with Gasteiger partial charge in [-0.25, -0.2) is 4.79 Å². The van der Waals surface area contributed by atoms with E-state index in [1.165, 1.54) is 7.11 Å². The lowest BCUT2D eigenvalue weighted by atomic mass is 10.0. The lowest BCUT2D eigenvalue weighted by Crippen LogP contribution is -2.51. The molecule has 0 aromatic rings. The van der Waals surface area contributed by atoms with Gasteiger partial charge in [-0.15, -0.1) is 0 Å². The summed E-state index contributed by atoms with van der Waals surface area (Å²) in [6, 6.07) is -0.0370. The highest BCUT2D eigenvalue weighted by atomic mass is 16.5. The predicted molar refractivity (Wildman–Crippen MR) is 62.4 cm³/mol. The molecule has 5 heteroatoms. The van der Waals surface area contributed by atoms with E-state index in [4.69, 9.17) is 0 Å². The molecule has 1 saturated carbocycles. The summed E-state index contributed by atoms with van der Waals surface area (Å²) >= 11 is 0. The van der Waals surface area contributed by atoms with E-state index < -0.39 is 12.1 Å². The van der Waals surface area contributed by atoms with Crippen molar-refractivity contribution < 1.29 is 14.3 Å². The Bertz CT molecular complexity index is 330. The van der Waals surface area contributed by atoms with E-state index in [1.54, 1.807) is 0 Å². The van der Waals surface area contributed by atoms with Crippen molar-refractivity contribution in [1.82, 2.24) is 10.2 Å². The summed E-state index contributed by atoms with van der Waals surface area (Å²) < 4.78 is 4.56. The number of piperidine rings is 1. The summed E-state index contributed by atoms with van der Waals surface area (Å²) in [4.78, 5) is 25.5. The van der Waals surface area contributed by atoms with Crippen LogP contribution in [0.5, 0.6) is 0 Å². The first-order valence-electron chi connectivity index (χ1n) is 6.19. The van der Waals surface area contributed by atoms with E-state index >= 15 is 0 Å². The molecule has 2 amide bonds. The Kier molecular flexibility index (Phi) is 3.26. The van der Waals surface area contributed by atoms with Gasteiger partial charge < -0.3 is 15.0 Å². The van der Waals surface area contributed by atoms with E-state index in [2.05, 4.69) is 10.1 Å². The third-order valence-electron chi connectivity index (χ3n) is 3.70. The number of methoxy groups -OCH3 is 1. The molecule has 2 rings (SSSR count). The molecule has 3 atom stereocenters. The maximum absolute atomic E-state index is 12.3. The minimum absolute atomic E-state index is 0.0374. The zero-order valence-corrected chi connectivity index (χ0v) is 10.6. The number of ether oxygens (including phenoxy) is 1. The molecule has 0 bridgehead atoms. The second-order valence-corrected chi connectivity index (χ2v) is 5.24. The van der Waals surface area contributed by atoms with Gasteiger partial charge >= 0.3 is 6.09 Å². The van der Waals surface area contributed by atoms with Gasteiger partial charge in [0.05, 0.1) is 7.11 Å². The van der Waals surface area contributed by atoms with Crippen LogP contribution in [0.15, 0.2) is 0 Å². The lowest BCUT2D eigenvalue weighted by molar-refractivity contribution is -0.134. The van der Waals surface area contributed by atoms with Crippen LogP contribution in [0.25, 0.3) is 0 Å². The first-order valence-corrected chi connectivity index (χ1v) is 6.19. The fourth-order valence-electron chi connectivity index (χ4n) is 2.55. The number of likely N-dealkylation sites (tertiary alicyclic amines) is 1. The maximum atomic E-state index is 12.3. The highest BCUT2D eigenvalue weighted by Crippen LogP contribution is 2.44. The van der Waals surface area contributed by atoms with Gasteiger partial charge in [0.15, 0.2) is 0 Å². The van der Waals surface area contributed by atoms with Crippen LogP contribution in [0.4, 0.5) is 4.79 Å². The van der Waals surface area contributed by atoms with Crippen LogP contribution in [0, 0.1) is 11.8 Å². The van der Waals surface area contributed by atoms with Crippen LogP contribution in [0.1, 0.15) is 26.7 Å². The average Bonchev–Trinajstić information content (AvgIpc) is 2.96. The molecule has 1 heterocycles. The van der Waals surface area contributed by atoms with E-state index in [1.807, 2.05) is 18.7 Å². The first kappa shape index (κ1) is 12.2. The zero-order chi connectivity index (χ0) is 12.6. The summed E-state index contributed by atoms with van der Waals surface area (Å²) in [7, 11) is 1.31. The summed E-state index contributed by atoms with van der Waals surface area (Å²) in [5.41, 5.74) is 0. The number of nitrogens with one attached hydrogen (secondary N) is 1. The highest BCUT2D eigenvalue weighted by molar-refractivity contribution is 5.86. The molecule has 2 aliphatic rings. The van der Waals surface area contributed by atoms with E-state index in [9.17, 15) is 9.59 Å². The molecule has 1 aliphatic carbocycles. The molecular weight excluding hydrogens is 220 g/mol. The fraction of sp³-hybridized carbons (Fsp3) is 0.833. The van der Waals surface area contributed by atoms with Crippen molar-refractivity contribution in [2.75, 3.05) is 13.7 Å². The van der Waals surface area contributed by atoms with Gasteiger partial charge in [0.1, 0.15) is 6.04 Å². The van der Waals surface area contributed by atoms with Gasteiger partial charge in [-0.3, -0.25) is 4.79 Å². The molecule has 0 aromatic heterocycles. The Balaban J connectivity index is 1.99. The van der Waals surface area contributed by atoms with Crippen molar-refractivity contribution >= 4 is 12.0 Å². The number of alkyl carbamates (subject to hydrolysis) is 1. The number of hydrogen-bond acceptors (Lipinski definition) is 3. The predicted octanol–water partition coefficient (Wildman–Crippen LogP) is 0.988. The van der Waals surface area contributed by atoms with Gasteiger partial charge in [0, 0.05) is 12.6 Å². The Labute approximate surface area is 101 Å². The van der Waals surface area contributed by atoms with Crippen LogP contribution in [-0.2, 0) is 9.53 Å². The monoisotopic (exact) mass is 240 g/mol. The fourth-order valence-corrected chi connectivity index (χ4v) is 2.55. The second kappa shape index (κ2) is 4.55. The van der Waals surface area contributed by atoms with Crippen LogP contribution < -0.4 is 5.32 Å². The Morgan fingerprint density at radius 3 is 2.53 bits per heavy atom. The third-order valence-corrected chi connectivity index (χ3v) is 3.70. The summed E-state index contributed by atoms with van der Waals surface area (Å²) in [5, 5.41) is 2.63. The number of carbonyl (C=O) groups excluding carboxylic acids is 2. The number of fused-ring (bicyclic) bond motifs is 1. The van der Waals surface area contributed by atoms with E-state index in [0.29, 0.717) is 12.0 Å². The van der Waals surface area contributed by atoms with Crippen LogP contribution in [-0.4, -0.2) is 42.6 Å². The second-order valence-electron chi connectivity index (χ2n) is 5.24. The minimum atomic E-state index is -0.538. The smallest absolute Gasteiger partial charge is 0.407 e. The van der Waals surface area contributed by atoms with Gasteiger partial charge in [-0.05, 0) is 24.7 Å². The Morgan fingerprint density at radius 1 is 1.41 bits per heavy atom. The summed E-state index contributed by atoms with van der Waals surface area (Å²) in [6.45, 7) is 4.69. The molecule has 0 spiro atoms. The number of rotatable bonds is 3. The highest BCUT2D eigenvalue weighted by Gasteiger charge is 2.50. The van der Waals surface area contributed by atoms with Crippen molar-refractivity contribution in [2.45, 2.75) is 38.8 Å². The van der Waals surface area contributed by atoms with Crippen molar-refractivity contribution in [1.29, 1.82) is 0 Å². The molecular formula is C12H20N2O3. The summed E-state index contributed by atoms with van der Waals surface area (Å²) in [5.74, 6) is 0.819. The van der Waals surface area contributed by atoms with Crippen molar-refractivity contribution in [3.8, 4) is 0 Å². The Morgan fingerprint density at radius 2 is 2.12 bits per heavy atom. The molecule has 0 radical (unpaired) electrons. The topological polar surface area (TPSA) is 58.6 Å². The molecule has 0 aromatic carbocycles. The molecule has 96 valence electrons. The zero-order valence-electron chi connectivity index (χ0n) is 10.6.